The van der Waals surface area contributed by atoms with Crippen LogP contribution in [0.1, 0.15) is 22.5 Å². The summed E-state index contributed by atoms with van der Waals surface area (Å²) in [6, 6.07) is 14.4. The van der Waals surface area contributed by atoms with Gasteiger partial charge in [0.25, 0.3) is 0 Å². The maximum absolute atomic E-state index is 13.6. The van der Waals surface area contributed by atoms with Gasteiger partial charge < -0.3 is 15.4 Å². The maximum atomic E-state index is 13.6. The van der Waals surface area contributed by atoms with Crippen LogP contribution in [-0.2, 0) is 19.4 Å². The highest BCUT2D eigenvalue weighted by Gasteiger charge is 2.13. The van der Waals surface area contributed by atoms with Crippen LogP contribution in [0.15, 0.2) is 67.1 Å². The molecule has 0 spiro atoms. The van der Waals surface area contributed by atoms with Crippen LogP contribution < -0.4 is 5.73 Å². The minimum atomic E-state index is -0.632. The Balaban J connectivity index is 1.90. The molecule has 0 atom stereocenters. The van der Waals surface area contributed by atoms with Gasteiger partial charge in [0, 0.05) is 30.8 Å². The Morgan fingerprint density at radius 2 is 1.92 bits per heavy atom. The van der Waals surface area contributed by atoms with Gasteiger partial charge in [0.15, 0.2) is 11.6 Å². The van der Waals surface area contributed by atoms with E-state index in [0.29, 0.717) is 25.1 Å². The van der Waals surface area contributed by atoms with Gasteiger partial charge in [0.05, 0.1) is 12.0 Å². The Kier molecular flexibility index (Phi) is 4.84. The SMILES string of the molecule is C=C(N)Cc1c(Cc2ccccc2)ncn1Cc1ccc(O)c(F)c1. The number of aromatic nitrogens is 2. The summed E-state index contributed by atoms with van der Waals surface area (Å²) >= 11 is 0. The van der Waals surface area contributed by atoms with Crippen LogP contribution in [0.3, 0.4) is 0 Å². The lowest BCUT2D eigenvalue weighted by atomic mass is 10.1. The molecular formula is C20H20FN3O. The van der Waals surface area contributed by atoms with E-state index in [4.69, 9.17) is 5.73 Å². The second kappa shape index (κ2) is 7.21. The Morgan fingerprint density at radius 1 is 1.16 bits per heavy atom. The fourth-order valence-electron chi connectivity index (χ4n) is 2.79. The molecule has 0 radical (unpaired) electrons. The van der Waals surface area contributed by atoms with Gasteiger partial charge in [-0.2, -0.15) is 0 Å². The monoisotopic (exact) mass is 337 g/mol. The van der Waals surface area contributed by atoms with Crippen LogP contribution in [0.5, 0.6) is 5.75 Å². The maximum Gasteiger partial charge on any atom is 0.165 e. The summed E-state index contributed by atoms with van der Waals surface area (Å²) in [5.41, 5.74) is 10.2. The van der Waals surface area contributed by atoms with Crippen molar-refractivity contribution >= 4 is 0 Å². The molecule has 4 nitrogen and oxygen atoms in total. The summed E-state index contributed by atoms with van der Waals surface area (Å²) in [5, 5.41) is 9.33. The van der Waals surface area contributed by atoms with Crippen molar-refractivity contribution in [3.05, 3.63) is 95.5 Å². The minimum absolute atomic E-state index is 0.352. The fourth-order valence-corrected chi connectivity index (χ4v) is 2.79. The molecule has 0 aliphatic carbocycles. The van der Waals surface area contributed by atoms with Crippen LogP contribution >= 0.6 is 0 Å². The van der Waals surface area contributed by atoms with E-state index in [-0.39, 0.29) is 5.75 Å². The van der Waals surface area contributed by atoms with Gasteiger partial charge in [0.2, 0.25) is 0 Å². The number of hydrogen-bond acceptors (Lipinski definition) is 3. The smallest absolute Gasteiger partial charge is 0.165 e. The Labute approximate surface area is 146 Å². The van der Waals surface area contributed by atoms with E-state index in [2.05, 4.69) is 23.7 Å². The third-order valence-corrected chi connectivity index (χ3v) is 4.01. The van der Waals surface area contributed by atoms with Crippen molar-refractivity contribution in [2.24, 2.45) is 5.73 Å². The molecule has 25 heavy (non-hydrogen) atoms. The summed E-state index contributed by atoms with van der Waals surface area (Å²) in [4.78, 5) is 4.52. The molecule has 1 heterocycles. The number of phenolic OH excluding ortho intramolecular Hbond substituents is 1. The Morgan fingerprint density at radius 3 is 2.60 bits per heavy atom. The van der Waals surface area contributed by atoms with Gasteiger partial charge in [-0.15, -0.1) is 0 Å². The van der Waals surface area contributed by atoms with Crippen LogP contribution in [0.25, 0.3) is 0 Å². The summed E-state index contributed by atoms with van der Waals surface area (Å²) in [5.74, 6) is -0.985. The predicted molar refractivity (Wildman–Crippen MR) is 95.7 cm³/mol. The number of benzene rings is 2. The molecule has 1 aromatic heterocycles. The molecule has 0 bridgehead atoms. The minimum Gasteiger partial charge on any atom is -0.505 e. The lowest BCUT2D eigenvalue weighted by Gasteiger charge is -2.11. The van der Waals surface area contributed by atoms with Crippen molar-refractivity contribution in [2.75, 3.05) is 0 Å². The first-order chi connectivity index (χ1) is 12.0. The molecule has 0 amide bonds. The van der Waals surface area contributed by atoms with Crippen LogP contribution in [0, 0.1) is 5.82 Å². The first-order valence-electron chi connectivity index (χ1n) is 8.00. The Bertz CT molecular complexity index is 887. The van der Waals surface area contributed by atoms with Crippen molar-refractivity contribution < 1.29 is 9.50 Å². The van der Waals surface area contributed by atoms with Gasteiger partial charge in [-0.1, -0.05) is 43.0 Å². The number of imidazole rings is 1. The van der Waals surface area contributed by atoms with E-state index in [1.54, 1.807) is 12.4 Å². The molecule has 3 N–H and O–H groups in total. The zero-order chi connectivity index (χ0) is 17.8. The van der Waals surface area contributed by atoms with Crippen LogP contribution in [0.4, 0.5) is 4.39 Å². The Hall–Kier alpha value is -3.08. The van der Waals surface area contributed by atoms with Crippen molar-refractivity contribution in [1.82, 2.24) is 9.55 Å². The number of phenols is 1. The summed E-state index contributed by atoms with van der Waals surface area (Å²) < 4.78 is 15.5. The van der Waals surface area contributed by atoms with Gasteiger partial charge >= 0.3 is 0 Å². The zero-order valence-electron chi connectivity index (χ0n) is 13.8. The number of aromatic hydroxyl groups is 1. The molecule has 0 saturated carbocycles. The predicted octanol–water partition coefficient (Wildman–Crippen LogP) is 3.38. The first-order valence-corrected chi connectivity index (χ1v) is 8.00. The molecule has 3 aromatic rings. The molecule has 0 aliphatic heterocycles. The van der Waals surface area contributed by atoms with Gasteiger partial charge in [0.1, 0.15) is 0 Å². The average Bonchev–Trinajstić information content (AvgIpc) is 2.93. The molecule has 5 heteroatoms. The van der Waals surface area contributed by atoms with Crippen LogP contribution in [-0.4, -0.2) is 14.7 Å². The highest BCUT2D eigenvalue weighted by Crippen LogP contribution is 2.20. The molecule has 3 rings (SSSR count). The lowest BCUT2D eigenvalue weighted by Crippen LogP contribution is -2.10. The quantitative estimate of drug-likeness (QED) is 0.725. The summed E-state index contributed by atoms with van der Waals surface area (Å²) in [7, 11) is 0. The number of allylic oxidation sites excluding steroid dienone is 1. The molecule has 128 valence electrons. The van der Waals surface area contributed by atoms with Crippen molar-refractivity contribution in [3.8, 4) is 5.75 Å². The fraction of sp³-hybridized carbons (Fsp3) is 0.150. The van der Waals surface area contributed by atoms with Crippen molar-refractivity contribution in [3.63, 3.8) is 0 Å². The number of nitrogens with two attached hydrogens (primary N) is 1. The van der Waals surface area contributed by atoms with Gasteiger partial charge in [-0.25, -0.2) is 9.37 Å². The number of nitrogens with zero attached hydrogens (tertiary/aromatic N) is 2. The molecule has 2 aromatic carbocycles. The second-order valence-electron chi connectivity index (χ2n) is 6.05. The van der Waals surface area contributed by atoms with E-state index in [1.165, 1.54) is 12.1 Å². The van der Waals surface area contributed by atoms with Crippen LogP contribution in [0.2, 0.25) is 0 Å². The normalized spacial score (nSPS) is 10.8. The van der Waals surface area contributed by atoms with E-state index in [1.807, 2.05) is 22.8 Å². The lowest BCUT2D eigenvalue weighted by molar-refractivity contribution is 0.431. The summed E-state index contributed by atoms with van der Waals surface area (Å²) in [6.07, 6.45) is 2.93. The van der Waals surface area contributed by atoms with E-state index >= 15 is 0 Å². The van der Waals surface area contributed by atoms with E-state index in [0.717, 1.165) is 22.5 Å². The first kappa shape index (κ1) is 16.8. The number of rotatable bonds is 6. The van der Waals surface area contributed by atoms with Gasteiger partial charge in [-0.05, 0) is 23.3 Å². The molecule has 0 fully saturated rings. The summed E-state index contributed by atoms with van der Waals surface area (Å²) in [6.45, 7) is 4.24. The third kappa shape index (κ3) is 4.07. The average molecular weight is 337 g/mol. The highest BCUT2D eigenvalue weighted by atomic mass is 19.1. The van der Waals surface area contributed by atoms with E-state index < -0.39 is 5.82 Å². The zero-order valence-corrected chi connectivity index (χ0v) is 13.8. The number of hydrogen-bond donors (Lipinski definition) is 2. The highest BCUT2D eigenvalue weighted by molar-refractivity contribution is 5.30. The second-order valence-corrected chi connectivity index (χ2v) is 6.05. The van der Waals surface area contributed by atoms with Crippen molar-refractivity contribution in [2.45, 2.75) is 19.4 Å². The largest absolute Gasteiger partial charge is 0.505 e. The number of halogens is 1. The standard InChI is InChI=1S/C20H20FN3O/c1-14(22)9-19-18(11-15-5-3-2-4-6-15)23-13-24(19)12-16-7-8-20(25)17(21)10-16/h2-8,10,13,25H,1,9,11-12,22H2. The third-order valence-electron chi connectivity index (χ3n) is 4.01. The molecule has 0 saturated heterocycles. The van der Waals surface area contributed by atoms with E-state index in [9.17, 15) is 9.50 Å². The van der Waals surface area contributed by atoms with Crippen molar-refractivity contribution in [1.29, 1.82) is 0 Å². The van der Waals surface area contributed by atoms with Gasteiger partial charge in [-0.3, -0.25) is 0 Å². The molecular weight excluding hydrogens is 317 g/mol. The molecule has 0 aliphatic rings. The molecule has 0 unspecified atom stereocenters. The topological polar surface area (TPSA) is 64.1 Å².